The van der Waals surface area contributed by atoms with Crippen LogP contribution in [0.3, 0.4) is 0 Å². The summed E-state index contributed by atoms with van der Waals surface area (Å²) in [6.45, 7) is 7.22. The number of nitrogens with zero attached hydrogens (tertiary/aromatic N) is 2. The largest absolute Gasteiger partial charge is 0.384 e. The molecular formula is C15H25N3O3S. The summed E-state index contributed by atoms with van der Waals surface area (Å²) < 4.78 is 31.7. The monoisotopic (exact) mass is 327 g/mol. The summed E-state index contributed by atoms with van der Waals surface area (Å²) in [5, 5.41) is 0. The van der Waals surface area contributed by atoms with Crippen molar-refractivity contribution in [1.82, 2.24) is 4.90 Å². The van der Waals surface area contributed by atoms with E-state index in [1.54, 1.807) is 0 Å². The van der Waals surface area contributed by atoms with E-state index in [9.17, 15) is 8.42 Å². The van der Waals surface area contributed by atoms with Crippen molar-refractivity contribution in [3.05, 3.63) is 24.3 Å². The second-order valence-electron chi connectivity index (χ2n) is 5.35. The highest BCUT2D eigenvalue weighted by Gasteiger charge is 2.20. The zero-order valence-electron chi connectivity index (χ0n) is 13.3. The maximum Gasteiger partial charge on any atom is 0.235 e. The summed E-state index contributed by atoms with van der Waals surface area (Å²) in [4.78, 5) is 4.63. The topological polar surface area (TPSA) is 61.9 Å². The van der Waals surface area contributed by atoms with Gasteiger partial charge in [0.25, 0.3) is 0 Å². The summed E-state index contributed by atoms with van der Waals surface area (Å²) >= 11 is 0. The first kappa shape index (κ1) is 17.1. The van der Waals surface area contributed by atoms with Gasteiger partial charge < -0.3 is 14.5 Å². The number of rotatable bonds is 7. The minimum Gasteiger partial charge on any atom is -0.384 e. The highest BCUT2D eigenvalue weighted by atomic mass is 32.2. The van der Waals surface area contributed by atoms with Crippen LogP contribution in [0.5, 0.6) is 0 Å². The Morgan fingerprint density at radius 3 is 2.50 bits per heavy atom. The normalized spacial score (nSPS) is 16.7. The van der Waals surface area contributed by atoms with Gasteiger partial charge in [0.15, 0.2) is 0 Å². The fraction of sp³-hybridized carbons (Fsp3) is 0.600. The molecule has 0 spiro atoms. The van der Waals surface area contributed by atoms with Gasteiger partial charge in [0.2, 0.25) is 10.0 Å². The lowest BCUT2D eigenvalue weighted by Crippen LogP contribution is -2.46. The maximum atomic E-state index is 12.1. The lowest BCUT2D eigenvalue weighted by molar-refractivity contribution is 0.217. The van der Waals surface area contributed by atoms with Crippen LogP contribution in [-0.4, -0.2) is 65.5 Å². The molecule has 6 nitrogen and oxygen atoms in total. The molecule has 0 aromatic heterocycles. The number of ether oxygens (including phenoxy) is 1. The summed E-state index contributed by atoms with van der Waals surface area (Å²) in [6.07, 6.45) is 0. The first-order valence-corrected chi connectivity index (χ1v) is 9.26. The number of hydrogen-bond acceptors (Lipinski definition) is 5. The van der Waals surface area contributed by atoms with Gasteiger partial charge in [-0.1, -0.05) is 19.1 Å². The average molecular weight is 327 g/mol. The predicted molar refractivity (Wildman–Crippen MR) is 90.1 cm³/mol. The second kappa shape index (κ2) is 7.80. The molecule has 1 saturated heterocycles. The van der Waals surface area contributed by atoms with Crippen molar-refractivity contribution in [1.29, 1.82) is 0 Å². The van der Waals surface area contributed by atoms with E-state index in [0.717, 1.165) is 38.4 Å². The lowest BCUT2D eigenvalue weighted by atomic mass is 10.2. The van der Waals surface area contributed by atoms with Gasteiger partial charge >= 0.3 is 0 Å². The lowest BCUT2D eigenvalue weighted by Gasteiger charge is -2.36. The smallest absolute Gasteiger partial charge is 0.235 e. The van der Waals surface area contributed by atoms with Crippen molar-refractivity contribution >= 4 is 21.4 Å². The van der Waals surface area contributed by atoms with Gasteiger partial charge in [0.1, 0.15) is 0 Å². The Bertz CT molecular complexity index is 569. The van der Waals surface area contributed by atoms with Crippen molar-refractivity contribution in [3.63, 3.8) is 0 Å². The van der Waals surface area contributed by atoms with E-state index in [-0.39, 0.29) is 12.4 Å². The fourth-order valence-electron chi connectivity index (χ4n) is 2.55. The van der Waals surface area contributed by atoms with Crippen LogP contribution in [0.25, 0.3) is 0 Å². The number of hydrogen-bond donors (Lipinski definition) is 1. The molecule has 1 aliphatic heterocycles. The Morgan fingerprint density at radius 1 is 1.18 bits per heavy atom. The molecule has 2 rings (SSSR count). The van der Waals surface area contributed by atoms with E-state index >= 15 is 0 Å². The van der Waals surface area contributed by atoms with E-state index in [1.807, 2.05) is 24.3 Å². The molecule has 22 heavy (non-hydrogen) atoms. The van der Waals surface area contributed by atoms with Gasteiger partial charge in [-0.3, -0.25) is 4.72 Å². The third kappa shape index (κ3) is 4.59. The van der Waals surface area contributed by atoms with Crippen LogP contribution in [0.4, 0.5) is 11.4 Å². The van der Waals surface area contributed by atoms with Gasteiger partial charge in [0.05, 0.1) is 23.7 Å². The van der Waals surface area contributed by atoms with Gasteiger partial charge in [-0.2, -0.15) is 0 Å². The standard InChI is InChI=1S/C15H25N3O3S/c1-3-17-8-10-18(11-9-17)15-7-5-4-6-14(15)16-22(19,20)13-12-21-2/h4-7,16H,3,8-13H2,1-2H3. The molecule has 0 radical (unpaired) electrons. The highest BCUT2D eigenvalue weighted by molar-refractivity contribution is 7.92. The van der Waals surface area contributed by atoms with E-state index in [4.69, 9.17) is 4.74 Å². The number of nitrogens with one attached hydrogen (secondary N) is 1. The molecule has 124 valence electrons. The number of likely N-dealkylation sites (N-methyl/N-ethyl adjacent to an activating group) is 1. The van der Waals surface area contributed by atoms with Gasteiger partial charge in [0, 0.05) is 33.3 Å². The van der Waals surface area contributed by atoms with Crippen molar-refractivity contribution in [3.8, 4) is 0 Å². The predicted octanol–water partition coefficient (Wildman–Crippen LogP) is 1.22. The zero-order chi connectivity index (χ0) is 16.0. The SMILES string of the molecule is CCN1CCN(c2ccccc2NS(=O)(=O)CCOC)CC1. The van der Waals surface area contributed by atoms with Crippen LogP contribution >= 0.6 is 0 Å². The minimum atomic E-state index is -3.39. The third-order valence-electron chi connectivity index (χ3n) is 3.89. The minimum absolute atomic E-state index is 0.0402. The maximum absolute atomic E-state index is 12.1. The summed E-state index contributed by atoms with van der Waals surface area (Å²) in [7, 11) is -1.89. The number of benzene rings is 1. The van der Waals surface area contributed by atoms with Crippen molar-refractivity contribution in [2.45, 2.75) is 6.92 Å². The molecule has 7 heteroatoms. The summed E-state index contributed by atoms with van der Waals surface area (Å²) in [6, 6.07) is 7.57. The van der Waals surface area contributed by atoms with Crippen LogP contribution < -0.4 is 9.62 Å². The first-order valence-electron chi connectivity index (χ1n) is 7.61. The van der Waals surface area contributed by atoms with Gasteiger partial charge in [-0.15, -0.1) is 0 Å². The Labute approximate surface area is 133 Å². The van der Waals surface area contributed by atoms with Crippen LogP contribution in [0, 0.1) is 0 Å². The van der Waals surface area contributed by atoms with Crippen LogP contribution in [0.1, 0.15) is 6.92 Å². The Hall–Kier alpha value is -1.31. The first-order chi connectivity index (χ1) is 10.6. The number of sulfonamides is 1. The van der Waals surface area contributed by atoms with Gasteiger partial charge in [-0.05, 0) is 18.7 Å². The molecule has 0 aliphatic carbocycles. The van der Waals surface area contributed by atoms with Crippen LogP contribution in [0.15, 0.2) is 24.3 Å². The molecular weight excluding hydrogens is 302 g/mol. The molecule has 1 aliphatic rings. The molecule has 1 aromatic rings. The van der Waals surface area contributed by atoms with Crippen LogP contribution in [0.2, 0.25) is 0 Å². The molecule has 0 saturated carbocycles. The van der Waals surface area contributed by atoms with E-state index < -0.39 is 10.0 Å². The molecule has 0 bridgehead atoms. The van der Waals surface area contributed by atoms with E-state index in [2.05, 4.69) is 21.4 Å². The molecule has 1 fully saturated rings. The third-order valence-corrected chi connectivity index (χ3v) is 5.12. The number of anilines is 2. The van der Waals surface area contributed by atoms with Crippen molar-refractivity contribution < 1.29 is 13.2 Å². The summed E-state index contributed by atoms with van der Waals surface area (Å²) in [5.41, 5.74) is 1.59. The molecule has 0 unspecified atom stereocenters. The summed E-state index contributed by atoms with van der Waals surface area (Å²) in [5.74, 6) is -0.0402. The highest BCUT2D eigenvalue weighted by Crippen LogP contribution is 2.27. The molecule has 0 atom stereocenters. The Morgan fingerprint density at radius 2 is 1.86 bits per heavy atom. The molecule has 1 heterocycles. The molecule has 0 amide bonds. The fourth-order valence-corrected chi connectivity index (χ4v) is 3.55. The van der Waals surface area contributed by atoms with E-state index in [1.165, 1.54) is 7.11 Å². The number of para-hydroxylation sites is 2. The molecule has 1 N–H and O–H groups in total. The molecule has 1 aromatic carbocycles. The number of methoxy groups -OCH3 is 1. The Kier molecular flexibility index (Phi) is 6.05. The average Bonchev–Trinajstić information content (AvgIpc) is 2.53. The van der Waals surface area contributed by atoms with E-state index in [0.29, 0.717) is 5.69 Å². The number of piperazine rings is 1. The quantitative estimate of drug-likeness (QED) is 0.816. The van der Waals surface area contributed by atoms with Crippen LogP contribution in [-0.2, 0) is 14.8 Å². The second-order valence-corrected chi connectivity index (χ2v) is 7.19. The Balaban J connectivity index is 2.10. The van der Waals surface area contributed by atoms with Crippen molar-refractivity contribution in [2.75, 3.05) is 61.8 Å². The van der Waals surface area contributed by atoms with Crippen molar-refractivity contribution in [2.24, 2.45) is 0 Å². The zero-order valence-corrected chi connectivity index (χ0v) is 14.1. The van der Waals surface area contributed by atoms with Gasteiger partial charge in [-0.25, -0.2) is 8.42 Å².